The molecular formula is C24H30N8O3S. The summed E-state index contributed by atoms with van der Waals surface area (Å²) in [7, 11) is 0. The number of aromatic nitrogens is 4. The Labute approximate surface area is 213 Å². The molecule has 0 bridgehead atoms. The maximum Gasteiger partial charge on any atom is 0.276 e. The van der Waals surface area contributed by atoms with Gasteiger partial charge in [-0.3, -0.25) is 9.78 Å². The SMILES string of the molecule is O=C(Nc1cc2sc(N3CCOCC3)nc2nc1N1CCCCC1)c1cncc(N2CCC(O)C2)n1. The molecule has 0 saturated carbocycles. The fourth-order valence-corrected chi connectivity index (χ4v) is 5.92. The maximum atomic E-state index is 13.3. The van der Waals surface area contributed by atoms with Crippen molar-refractivity contribution in [1.82, 2.24) is 19.9 Å². The lowest BCUT2D eigenvalue weighted by atomic mass is 10.1. The summed E-state index contributed by atoms with van der Waals surface area (Å²) in [6, 6.07) is 1.99. The Bertz CT molecular complexity index is 1240. The van der Waals surface area contributed by atoms with Gasteiger partial charge in [0.2, 0.25) is 0 Å². The van der Waals surface area contributed by atoms with Crippen LogP contribution >= 0.6 is 11.3 Å². The van der Waals surface area contributed by atoms with E-state index < -0.39 is 0 Å². The van der Waals surface area contributed by atoms with Gasteiger partial charge < -0.3 is 29.9 Å². The number of amides is 1. The summed E-state index contributed by atoms with van der Waals surface area (Å²) in [6.45, 7) is 5.99. The van der Waals surface area contributed by atoms with E-state index in [4.69, 9.17) is 14.7 Å². The molecule has 6 heterocycles. The summed E-state index contributed by atoms with van der Waals surface area (Å²) < 4.78 is 6.41. The van der Waals surface area contributed by atoms with Crippen LogP contribution < -0.4 is 20.0 Å². The standard InChI is InChI=1S/C24H30N8O3S/c33-16-4-7-32(15-16)20-14-25-13-18(26-20)23(34)27-17-12-19-21(28-22(17)30-5-2-1-3-6-30)29-24(36-19)31-8-10-35-11-9-31/h12-14,16,33H,1-11,15H2,(H,27,34). The van der Waals surface area contributed by atoms with Gasteiger partial charge in [0.25, 0.3) is 5.91 Å². The number of thiazole rings is 1. The van der Waals surface area contributed by atoms with Crippen LogP contribution in [0.5, 0.6) is 0 Å². The Morgan fingerprint density at radius 1 is 1.00 bits per heavy atom. The van der Waals surface area contributed by atoms with Crippen molar-refractivity contribution >= 4 is 50.0 Å². The van der Waals surface area contributed by atoms with Crippen molar-refractivity contribution in [3.8, 4) is 0 Å². The number of piperidine rings is 1. The van der Waals surface area contributed by atoms with E-state index in [2.05, 4.69) is 25.1 Å². The molecule has 12 heteroatoms. The second kappa shape index (κ2) is 10.1. The van der Waals surface area contributed by atoms with E-state index in [1.165, 1.54) is 12.6 Å². The summed E-state index contributed by atoms with van der Waals surface area (Å²) >= 11 is 1.58. The number of nitrogens with one attached hydrogen (secondary N) is 1. The number of aliphatic hydroxyl groups excluding tert-OH is 1. The first-order chi connectivity index (χ1) is 17.6. The summed E-state index contributed by atoms with van der Waals surface area (Å²) in [6.07, 6.45) is 6.80. The molecule has 36 heavy (non-hydrogen) atoms. The topological polar surface area (TPSA) is 120 Å². The lowest BCUT2D eigenvalue weighted by Gasteiger charge is -2.29. The normalized spacial score (nSPS) is 20.8. The molecule has 1 amide bonds. The number of anilines is 4. The van der Waals surface area contributed by atoms with Gasteiger partial charge in [0, 0.05) is 39.3 Å². The molecule has 2 N–H and O–H groups in total. The first-order valence-electron chi connectivity index (χ1n) is 12.6. The Morgan fingerprint density at radius 3 is 2.61 bits per heavy atom. The minimum absolute atomic E-state index is 0.233. The van der Waals surface area contributed by atoms with Crippen molar-refractivity contribution in [1.29, 1.82) is 0 Å². The van der Waals surface area contributed by atoms with E-state index in [0.717, 1.165) is 54.7 Å². The van der Waals surface area contributed by atoms with Crippen LogP contribution in [0.1, 0.15) is 36.2 Å². The molecule has 3 aromatic heterocycles. The molecule has 3 aliphatic rings. The molecule has 11 nitrogen and oxygen atoms in total. The Kier molecular flexibility index (Phi) is 6.55. The average Bonchev–Trinajstić information content (AvgIpc) is 3.55. The predicted octanol–water partition coefficient (Wildman–Crippen LogP) is 2.13. The Morgan fingerprint density at radius 2 is 1.83 bits per heavy atom. The monoisotopic (exact) mass is 510 g/mol. The van der Waals surface area contributed by atoms with E-state index in [1.54, 1.807) is 17.5 Å². The lowest BCUT2D eigenvalue weighted by Crippen LogP contribution is -2.36. The second-order valence-corrected chi connectivity index (χ2v) is 10.4. The number of fused-ring (bicyclic) bond motifs is 1. The molecular weight excluding hydrogens is 480 g/mol. The van der Waals surface area contributed by atoms with Gasteiger partial charge in [-0.05, 0) is 31.7 Å². The number of morpholine rings is 1. The van der Waals surface area contributed by atoms with Gasteiger partial charge in [-0.1, -0.05) is 11.3 Å². The van der Waals surface area contributed by atoms with Gasteiger partial charge in [0.1, 0.15) is 11.5 Å². The molecule has 3 aromatic rings. The van der Waals surface area contributed by atoms with Gasteiger partial charge in [-0.15, -0.1) is 0 Å². The van der Waals surface area contributed by atoms with E-state index in [9.17, 15) is 9.90 Å². The van der Waals surface area contributed by atoms with Crippen LogP contribution in [-0.2, 0) is 4.74 Å². The van der Waals surface area contributed by atoms with Crippen LogP contribution in [-0.4, -0.2) is 89.5 Å². The number of rotatable bonds is 5. The van der Waals surface area contributed by atoms with Crippen LogP contribution in [0.2, 0.25) is 0 Å². The van der Waals surface area contributed by atoms with Crippen LogP contribution in [0.25, 0.3) is 10.3 Å². The third kappa shape index (κ3) is 4.80. The molecule has 0 radical (unpaired) electrons. The van der Waals surface area contributed by atoms with Gasteiger partial charge >= 0.3 is 0 Å². The van der Waals surface area contributed by atoms with E-state index in [-0.39, 0.29) is 17.7 Å². The minimum atomic E-state index is -0.379. The number of hydrogen-bond acceptors (Lipinski definition) is 11. The molecule has 1 atom stereocenters. The van der Waals surface area contributed by atoms with Gasteiger partial charge in [0.15, 0.2) is 16.6 Å². The molecule has 0 aromatic carbocycles. The first kappa shape index (κ1) is 23.3. The fourth-order valence-electron chi connectivity index (χ4n) is 4.93. The highest BCUT2D eigenvalue weighted by Crippen LogP contribution is 2.35. The Balaban J connectivity index is 1.30. The number of hydrogen-bond donors (Lipinski definition) is 2. The highest BCUT2D eigenvalue weighted by molar-refractivity contribution is 7.22. The van der Waals surface area contributed by atoms with Crippen LogP contribution in [0.15, 0.2) is 18.5 Å². The molecule has 190 valence electrons. The van der Waals surface area contributed by atoms with Crippen molar-refractivity contribution < 1.29 is 14.6 Å². The third-order valence-electron chi connectivity index (χ3n) is 6.88. The first-order valence-corrected chi connectivity index (χ1v) is 13.4. The number of carbonyl (C=O) groups excluding carboxylic acids is 1. The van der Waals surface area contributed by atoms with Crippen molar-refractivity contribution in [3.05, 3.63) is 24.2 Å². The minimum Gasteiger partial charge on any atom is -0.391 e. The highest BCUT2D eigenvalue weighted by atomic mass is 32.1. The number of β-amino-alcohol motifs (C(OH)–C–C–N with tert-alkyl or cyclic N) is 1. The van der Waals surface area contributed by atoms with Crippen LogP contribution in [0, 0.1) is 0 Å². The van der Waals surface area contributed by atoms with Gasteiger partial charge in [-0.2, -0.15) is 4.98 Å². The van der Waals surface area contributed by atoms with Crippen molar-refractivity contribution in [2.75, 3.05) is 72.5 Å². The zero-order valence-corrected chi connectivity index (χ0v) is 20.9. The summed E-state index contributed by atoms with van der Waals surface area (Å²) in [5, 5.41) is 13.9. The molecule has 1 unspecified atom stereocenters. The van der Waals surface area contributed by atoms with Crippen molar-refractivity contribution in [2.45, 2.75) is 31.8 Å². The predicted molar refractivity (Wildman–Crippen MR) is 139 cm³/mol. The zero-order valence-electron chi connectivity index (χ0n) is 20.1. The van der Waals surface area contributed by atoms with Crippen LogP contribution in [0.4, 0.5) is 22.5 Å². The molecule has 3 aliphatic heterocycles. The van der Waals surface area contributed by atoms with Crippen molar-refractivity contribution in [3.63, 3.8) is 0 Å². The molecule has 0 aliphatic carbocycles. The Hall–Kier alpha value is -3.09. The average molecular weight is 511 g/mol. The maximum absolute atomic E-state index is 13.3. The number of carbonyl (C=O) groups is 1. The fraction of sp³-hybridized carbons (Fsp3) is 0.542. The molecule has 6 rings (SSSR count). The van der Waals surface area contributed by atoms with Crippen molar-refractivity contribution in [2.24, 2.45) is 0 Å². The highest BCUT2D eigenvalue weighted by Gasteiger charge is 2.25. The number of ether oxygens (including phenoxy) is 1. The quantitative estimate of drug-likeness (QED) is 0.528. The van der Waals surface area contributed by atoms with E-state index in [1.807, 2.05) is 11.0 Å². The summed E-state index contributed by atoms with van der Waals surface area (Å²) in [4.78, 5) is 38.2. The zero-order chi connectivity index (χ0) is 24.5. The summed E-state index contributed by atoms with van der Waals surface area (Å²) in [5.74, 6) is 1.02. The van der Waals surface area contributed by atoms with E-state index >= 15 is 0 Å². The molecule has 3 saturated heterocycles. The number of aliphatic hydroxyl groups is 1. The number of pyridine rings is 1. The summed E-state index contributed by atoms with van der Waals surface area (Å²) in [5.41, 5.74) is 1.60. The second-order valence-electron chi connectivity index (χ2n) is 9.43. The smallest absolute Gasteiger partial charge is 0.276 e. The lowest BCUT2D eigenvalue weighted by molar-refractivity contribution is 0.102. The van der Waals surface area contributed by atoms with Gasteiger partial charge in [-0.25, -0.2) is 9.97 Å². The van der Waals surface area contributed by atoms with Crippen LogP contribution in [0.3, 0.4) is 0 Å². The third-order valence-corrected chi connectivity index (χ3v) is 7.93. The number of nitrogens with zero attached hydrogens (tertiary/aromatic N) is 7. The molecule has 0 spiro atoms. The molecule has 3 fully saturated rings. The largest absolute Gasteiger partial charge is 0.391 e. The van der Waals surface area contributed by atoms with E-state index in [0.29, 0.717) is 49.9 Å². The van der Waals surface area contributed by atoms with Gasteiger partial charge in [0.05, 0.1) is 42.1 Å².